The van der Waals surface area contributed by atoms with Crippen LogP contribution in [0.1, 0.15) is 18.0 Å². The summed E-state index contributed by atoms with van der Waals surface area (Å²) in [6, 6.07) is 0.123. The predicted octanol–water partition coefficient (Wildman–Crippen LogP) is 2.71. The van der Waals surface area contributed by atoms with Crippen LogP contribution in [0.3, 0.4) is 0 Å². The molecule has 10 heavy (non-hydrogen) atoms. The minimum Gasteiger partial charge on any atom is -0.247 e. The molecule has 0 amide bonds. The molecule has 0 aromatic carbocycles. The fourth-order valence-corrected chi connectivity index (χ4v) is 1.93. The first-order chi connectivity index (χ1) is 4.74. The van der Waals surface area contributed by atoms with E-state index in [2.05, 4.69) is 25.7 Å². The molecule has 5 heteroatoms. The lowest BCUT2D eigenvalue weighted by Gasteiger charge is -2.01. The molecule has 56 valence electrons. The highest BCUT2D eigenvalue weighted by Crippen LogP contribution is 2.23. The summed E-state index contributed by atoms with van der Waals surface area (Å²) in [7, 11) is 0. The monoisotopic (exact) mass is 240 g/mol. The molecule has 1 heterocycles. The first-order valence-electron chi connectivity index (χ1n) is 2.71. The maximum Gasteiger partial charge on any atom is 0.112 e. The molecular weight excluding hydrogens is 235 g/mol. The first kappa shape index (κ1) is 8.46. The number of rotatable bonds is 2. The quantitative estimate of drug-likeness (QED) is 0.806. The van der Waals surface area contributed by atoms with E-state index in [4.69, 9.17) is 11.8 Å². The molecule has 2 nitrogen and oxygen atoms in total. The van der Waals surface area contributed by atoms with E-state index >= 15 is 0 Å². The summed E-state index contributed by atoms with van der Waals surface area (Å²) < 4.78 is 1.03. The van der Waals surface area contributed by atoms with Gasteiger partial charge in [0.2, 0.25) is 0 Å². The Labute approximate surface area is 76.9 Å². The number of hydrogen-bond acceptors (Lipinski definition) is 3. The van der Waals surface area contributed by atoms with Crippen LogP contribution >= 0.6 is 39.0 Å². The Kier molecular flexibility index (Phi) is 3.10. The Morgan fingerprint density at radius 1 is 1.90 bits per heavy atom. The van der Waals surface area contributed by atoms with Crippen LogP contribution in [-0.2, 0) is 0 Å². The van der Waals surface area contributed by atoms with Gasteiger partial charge in [0.1, 0.15) is 5.01 Å². The van der Waals surface area contributed by atoms with Crippen molar-refractivity contribution in [3.05, 3.63) is 15.0 Å². The molecule has 0 aliphatic carbocycles. The van der Waals surface area contributed by atoms with E-state index in [0.717, 1.165) is 8.79 Å². The summed E-state index contributed by atoms with van der Waals surface area (Å²) in [6.45, 7) is 1.96. The van der Waals surface area contributed by atoms with Crippen molar-refractivity contribution in [2.75, 3.05) is 0 Å². The van der Waals surface area contributed by atoms with Crippen LogP contribution in [0, 0.1) is 0 Å². The Bertz CT molecular complexity index is 215. The summed E-state index contributed by atoms with van der Waals surface area (Å²) >= 11 is 10.3. The number of halogens is 2. The van der Waals surface area contributed by atoms with Gasteiger partial charge in [-0.25, -0.2) is 9.82 Å². The van der Waals surface area contributed by atoms with Crippen molar-refractivity contribution >= 4 is 39.0 Å². The molecule has 0 unspecified atom stereocenters. The van der Waals surface area contributed by atoms with Crippen molar-refractivity contribution in [1.29, 1.82) is 0 Å². The largest absolute Gasteiger partial charge is 0.247 e. The average molecular weight is 242 g/mol. The average Bonchev–Trinajstić information content (AvgIpc) is 2.34. The molecule has 0 bridgehead atoms. The van der Waals surface area contributed by atoms with Gasteiger partial charge in [0, 0.05) is 0 Å². The van der Waals surface area contributed by atoms with Gasteiger partial charge in [-0.2, -0.15) is 0 Å². The maximum absolute atomic E-state index is 5.40. The molecule has 1 aromatic heterocycles. The van der Waals surface area contributed by atoms with E-state index in [1.165, 1.54) is 0 Å². The molecule has 0 spiro atoms. The minimum absolute atomic E-state index is 0.123. The second kappa shape index (κ2) is 3.67. The lowest BCUT2D eigenvalue weighted by atomic mass is 10.4. The number of nitrogens with one attached hydrogen (secondary N) is 1. The van der Waals surface area contributed by atoms with Crippen LogP contribution in [0.4, 0.5) is 0 Å². The van der Waals surface area contributed by atoms with E-state index in [1.54, 1.807) is 17.5 Å². The van der Waals surface area contributed by atoms with Crippen molar-refractivity contribution in [3.8, 4) is 0 Å². The second-order valence-corrected chi connectivity index (χ2v) is 4.49. The lowest BCUT2D eigenvalue weighted by Crippen LogP contribution is -2.05. The van der Waals surface area contributed by atoms with E-state index in [9.17, 15) is 0 Å². The molecule has 0 aliphatic rings. The van der Waals surface area contributed by atoms with Gasteiger partial charge in [-0.1, -0.05) is 0 Å². The number of hydrogen-bond donors (Lipinski definition) is 1. The molecule has 0 fully saturated rings. The Balaban J connectivity index is 2.74. The van der Waals surface area contributed by atoms with Crippen LogP contribution in [0.5, 0.6) is 0 Å². The summed E-state index contributed by atoms with van der Waals surface area (Å²) in [5.41, 5.74) is 0. The standard InChI is InChI=1S/C5H6BrClN2S/c1-3(9-7)5-8-2-4(6)10-5/h2-3,9H,1H3/t3-/m1/s1. The number of aromatic nitrogens is 1. The number of thiazole rings is 1. The van der Waals surface area contributed by atoms with Crippen LogP contribution < -0.4 is 4.84 Å². The Morgan fingerprint density at radius 2 is 2.60 bits per heavy atom. The van der Waals surface area contributed by atoms with Crippen LogP contribution in [-0.4, -0.2) is 4.98 Å². The summed E-state index contributed by atoms with van der Waals surface area (Å²) in [4.78, 5) is 6.71. The topological polar surface area (TPSA) is 24.9 Å². The summed E-state index contributed by atoms with van der Waals surface area (Å²) in [5, 5.41) is 0.988. The van der Waals surface area contributed by atoms with E-state index in [1.807, 2.05) is 6.92 Å². The summed E-state index contributed by atoms with van der Waals surface area (Å²) in [5.74, 6) is 0. The van der Waals surface area contributed by atoms with Crippen molar-refractivity contribution in [3.63, 3.8) is 0 Å². The van der Waals surface area contributed by atoms with Crippen LogP contribution in [0.2, 0.25) is 0 Å². The minimum atomic E-state index is 0.123. The Morgan fingerprint density at radius 3 is 3.00 bits per heavy atom. The second-order valence-electron chi connectivity index (χ2n) is 1.83. The zero-order chi connectivity index (χ0) is 7.56. The Hall–Kier alpha value is 0.360. The third kappa shape index (κ3) is 1.92. The van der Waals surface area contributed by atoms with E-state index < -0.39 is 0 Å². The molecule has 1 rings (SSSR count). The molecule has 1 N–H and O–H groups in total. The molecule has 0 saturated carbocycles. The van der Waals surface area contributed by atoms with Gasteiger partial charge >= 0.3 is 0 Å². The highest BCUT2D eigenvalue weighted by Gasteiger charge is 2.06. The zero-order valence-electron chi connectivity index (χ0n) is 5.27. The van der Waals surface area contributed by atoms with Gasteiger partial charge in [0.05, 0.1) is 16.0 Å². The molecule has 1 aromatic rings. The van der Waals surface area contributed by atoms with Crippen molar-refractivity contribution in [1.82, 2.24) is 9.82 Å². The molecule has 0 radical (unpaired) electrons. The van der Waals surface area contributed by atoms with Gasteiger partial charge in [-0.15, -0.1) is 11.3 Å². The number of nitrogens with zero attached hydrogens (tertiary/aromatic N) is 1. The predicted molar refractivity (Wildman–Crippen MR) is 47.2 cm³/mol. The lowest BCUT2D eigenvalue weighted by molar-refractivity contribution is 0.737. The third-order valence-corrected chi connectivity index (χ3v) is 3.02. The van der Waals surface area contributed by atoms with Crippen molar-refractivity contribution < 1.29 is 0 Å². The molecule has 0 aliphatic heterocycles. The smallest absolute Gasteiger partial charge is 0.112 e. The van der Waals surface area contributed by atoms with E-state index in [0.29, 0.717) is 0 Å². The third-order valence-electron chi connectivity index (χ3n) is 1.03. The highest BCUT2D eigenvalue weighted by atomic mass is 79.9. The van der Waals surface area contributed by atoms with Crippen molar-refractivity contribution in [2.45, 2.75) is 13.0 Å². The van der Waals surface area contributed by atoms with Gasteiger partial charge in [0.15, 0.2) is 0 Å². The maximum atomic E-state index is 5.40. The fourth-order valence-electron chi connectivity index (χ4n) is 0.514. The molecule has 0 saturated heterocycles. The highest BCUT2D eigenvalue weighted by molar-refractivity contribution is 9.11. The van der Waals surface area contributed by atoms with Gasteiger partial charge in [-0.3, -0.25) is 0 Å². The van der Waals surface area contributed by atoms with Gasteiger partial charge in [0.25, 0.3) is 0 Å². The SMILES string of the molecule is C[C@@H](NCl)c1ncc(Br)s1. The van der Waals surface area contributed by atoms with Crippen LogP contribution in [0.15, 0.2) is 9.98 Å². The summed E-state index contributed by atoms with van der Waals surface area (Å²) in [6.07, 6.45) is 1.77. The van der Waals surface area contributed by atoms with Crippen molar-refractivity contribution in [2.24, 2.45) is 0 Å². The zero-order valence-corrected chi connectivity index (χ0v) is 8.42. The van der Waals surface area contributed by atoms with Crippen LogP contribution in [0.25, 0.3) is 0 Å². The fraction of sp³-hybridized carbons (Fsp3) is 0.400. The normalized spacial score (nSPS) is 13.5. The molecular formula is C5H6BrClN2S. The van der Waals surface area contributed by atoms with E-state index in [-0.39, 0.29) is 6.04 Å². The van der Waals surface area contributed by atoms with Gasteiger partial charge < -0.3 is 0 Å². The van der Waals surface area contributed by atoms with Gasteiger partial charge in [-0.05, 0) is 34.6 Å². The first-order valence-corrected chi connectivity index (χ1v) is 4.70. The molecule has 1 atom stereocenters.